The Morgan fingerprint density at radius 3 is 2.52 bits per heavy atom. The molecule has 0 radical (unpaired) electrons. The molecular weight excluding hydrogens is 308 g/mol. The van der Waals surface area contributed by atoms with Gasteiger partial charge in [0.15, 0.2) is 0 Å². The summed E-state index contributed by atoms with van der Waals surface area (Å²) in [6.07, 6.45) is 1.82. The van der Waals surface area contributed by atoms with Crippen molar-refractivity contribution >= 4 is 34.4 Å². The molecule has 0 amide bonds. The average molecular weight is 320 g/mol. The van der Waals surface area contributed by atoms with E-state index in [0.717, 1.165) is 39.4 Å². The van der Waals surface area contributed by atoms with Crippen LogP contribution in [-0.2, 0) is 0 Å². The molecule has 0 saturated carbocycles. The topological polar surface area (TPSA) is 65.5 Å². The van der Waals surface area contributed by atoms with E-state index < -0.39 is 0 Å². The maximum absolute atomic E-state index is 11.4. The first kappa shape index (κ1) is 13.7. The Morgan fingerprint density at radius 1 is 1.04 bits per heavy atom. The first-order valence-electron chi connectivity index (χ1n) is 7.10. The quantitative estimate of drug-likeness (QED) is 0.754. The Labute approximate surface area is 136 Å². The van der Waals surface area contributed by atoms with Crippen molar-refractivity contribution in [3.63, 3.8) is 0 Å². The second-order valence-electron chi connectivity index (χ2n) is 5.13. The van der Waals surface area contributed by atoms with Gasteiger partial charge < -0.3 is 5.11 Å². The largest absolute Gasteiger partial charge is 0.493 e. The molecule has 4 rings (SSSR count). The van der Waals surface area contributed by atoms with Crippen molar-refractivity contribution in [1.82, 2.24) is 4.98 Å². The van der Waals surface area contributed by atoms with Crippen molar-refractivity contribution in [3.8, 4) is 5.88 Å². The van der Waals surface area contributed by atoms with E-state index in [1.165, 1.54) is 0 Å². The van der Waals surface area contributed by atoms with Gasteiger partial charge in [0.2, 0.25) is 5.88 Å². The molecule has 0 saturated heterocycles. The number of benzene rings is 2. The molecule has 1 aliphatic rings. The first-order valence-corrected chi connectivity index (χ1v) is 7.92. The molecule has 2 heterocycles. The molecule has 0 spiro atoms. The van der Waals surface area contributed by atoms with Gasteiger partial charge in [0, 0.05) is 16.7 Å². The normalized spacial score (nSPS) is 14.8. The number of hydrogen-bond acceptors (Lipinski definition) is 4. The number of aromatic nitrogens is 1. The van der Waals surface area contributed by atoms with Crippen LogP contribution in [0.2, 0.25) is 0 Å². The Hall–Kier alpha value is -2.92. The molecule has 3 aromatic rings. The van der Waals surface area contributed by atoms with Crippen LogP contribution in [0.4, 0.5) is 5.69 Å². The van der Waals surface area contributed by atoms with E-state index in [1.807, 2.05) is 60.7 Å². The highest BCUT2D eigenvalue weighted by Gasteiger charge is 2.22. The first-order chi connectivity index (χ1) is 11.2. The van der Waals surface area contributed by atoms with Gasteiger partial charge in [-0.15, -0.1) is 0 Å². The van der Waals surface area contributed by atoms with Crippen LogP contribution in [0.25, 0.3) is 11.6 Å². The number of nitrogens with zero attached hydrogens (tertiary/aromatic N) is 1. The molecule has 23 heavy (non-hydrogen) atoms. The highest BCUT2D eigenvalue weighted by Crippen LogP contribution is 2.38. The summed E-state index contributed by atoms with van der Waals surface area (Å²) in [7, 11) is 0. The predicted octanol–water partition coefficient (Wildman–Crippen LogP) is 3.82. The summed E-state index contributed by atoms with van der Waals surface area (Å²) in [5, 5.41) is 9.87. The van der Waals surface area contributed by atoms with E-state index in [2.05, 4.69) is 4.98 Å². The zero-order valence-corrected chi connectivity index (χ0v) is 12.8. The maximum atomic E-state index is 11.4. The number of fused-ring (bicyclic) bond motifs is 1. The van der Waals surface area contributed by atoms with Gasteiger partial charge in [0.25, 0.3) is 0 Å². The smallest absolute Gasteiger partial charge is 0.307 e. The van der Waals surface area contributed by atoms with E-state index in [1.54, 1.807) is 0 Å². The van der Waals surface area contributed by atoms with Crippen LogP contribution in [0, 0.1) is 0 Å². The Morgan fingerprint density at radius 2 is 1.78 bits per heavy atom. The molecule has 0 fully saturated rings. The molecule has 4 nitrogen and oxygen atoms in total. The number of aromatic amines is 1. The molecule has 2 aromatic carbocycles. The van der Waals surface area contributed by atoms with Crippen molar-refractivity contribution in [2.45, 2.75) is 0 Å². The van der Waals surface area contributed by atoms with Crippen molar-refractivity contribution in [3.05, 3.63) is 80.3 Å². The number of allylic oxidation sites excluding steroid dienone is 1. The molecule has 2 N–H and O–H groups in total. The lowest BCUT2D eigenvalue weighted by atomic mass is 9.97. The number of H-pyrrole nitrogens is 1. The number of hydrogen-bond donors (Lipinski definition) is 2. The lowest BCUT2D eigenvalue weighted by Crippen LogP contribution is -1.99. The molecule has 112 valence electrons. The minimum Gasteiger partial charge on any atom is -0.493 e. The summed E-state index contributed by atoms with van der Waals surface area (Å²) in [4.78, 5) is 18.8. The number of para-hydroxylation sites is 1. The van der Waals surface area contributed by atoms with Gasteiger partial charge in [0.1, 0.15) is 0 Å². The molecule has 0 aliphatic carbocycles. The number of thiazole rings is 1. The van der Waals surface area contributed by atoms with E-state index in [4.69, 9.17) is 4.99 Å². The number of aromatic hydroxyl groups is 1. The SMILES string of the molecule is O=c1[nH]c(O)c(/C=C2\C(c3ccccc3)=Nc3ccccc32)s1. The van der Waals surface area contributed by atoms with Crippen LogP contribution >= 0.6 is 11.3 Å². The maximum Gasteiger partial charge on any atom is 0.307 e. The van der Waals surface area contributed by atoms with Gasteiger partial charge >= 0.3 is 4.87 Å². The van der Waals surface area contributed by atoms with Gasteiger partial charge in [0.05, 0.1) is 16.3 Å². The summed E-state index contributed by atoms with van der Waals surface area (Å²) in [6, 6.07) is 17.7. The van der Waals surface area contributed by atoms with Crippen LogP contribution in [0.5, 0.6) is 5.88 Å². The summed E-state index contributed by atoms with van der Waals surface area (Å²) in [6.45, 7) is 0. The lowest BCUT2D eigenvalue weighted by molar-refractivity contribution is 0.455. The van der Waals surface area contributed by atoms with Crippen LogP contribution in [-0.4, -0.2) is 15.8 Å². The monoisotopic (exact) mass is 320 g/mol. The van der Waals surface area contributed by atoms with Crippen molar-refractivity contribution in [2.24, 2.45) is 4.99 Å². The Bertz CT molecular complexity index is 997. The summed E-state index contributed by atoms with van der Waals surface area (Å²) >= 11 is 0.981. The fraction of sp³-hybridized carbons (Fsp3) is 0. The zero-order chi connectivity index (χ0) is 15.8. The second kappa shape index (κ2) is 5.37. The van der Waals surface area contributed by atoms with E-state index >= 15 is 0 Å². The highest BCUT2D eigenvalue weighted by atomic mass is 32.1. The minimum atomic E-state index is -0.279. The average Bonchev–Trinajstić information content (AvgIpc) is 3.09. The van der Waals surface area contributed by atoms with Gasteiger partial charge in [-0.1, -0.05) is 59.9 Å². The summed E-state index contributed by atoms with van der Waals surface area (Å²) < 4.78 is 0. The van der Waals surface area contributed by atoms with Gasteiger partial charge in [-0.05, 0) is 12.1 Å². The molecule has 0 atom stereocenters. The van der Waals surface area contributed by atoms with Crippen molar-refractivity contribution < 1.29 is 5.11 Å². The summed E-state index contributed by atoms with van der Waals surface area (Å²) in [5.74, 6) is -0.107. The van der Waals surface area contributed by atoms with E-state index in [0.29, 0.717) is 4.88 Å². The molecule has 5 heteroatoms. The number of rotatable bonds is 2. The van der Waals surface area contributed by atoms with Gasteiger partial charge in [-0.3, -0.25) is 9.78 Å². The lowest BCUT2D eigenvalue weighted by Gasteiger charge is -2.05. The molecule has 0 bridgehead atoms. The third-order valence-corrected chi connectivity index (χ3v) is 4.48. The Balaban J connectivity index is 1.92. The van der Waals surface area contributed by atoms with Gasteiger partial charge in [-0.25, -0.2) is 4.99 Å². The fourth-order valence-electron chi connectivity index (χ4n) is 2.63. The third-order valence-electron chi connectivity index (χ3n) is 3.66. The predicted molar refractivity (Wildman–Crippen MR) is 93.6 cm³/mol. The number of aliphatic imine (C=N–C) groups is 1. The zero-order valence-electron chi connectivity index (χ0n) is 12.0. The second-order valence-corrected chi connectivity index (χ2v) is 6.14. The van der Waals surface area contributed by atoms with Crippen molar-refractivity contribution in [1.29, 1.82) is 0 Å². The summed E-state index contributed by atoms with van der Waals surface area (Å²) in [5.41, 5.74) is 4.62. The van der Waals surface area contributed by atoms with Crippen LogP contribution < -0.4 is 4.87 Å². The standard InChI is InChI=1S/C18H12N2O2S/c21-17-15(23-18(22)20-17)10-13-12-8-4-5-9-14(12)19-16(13)11-6-2-1-3-7-11/h1-10,21H,(H,20,22)/b13-10-. The van der Waals surface area contributed by atoms with E-state index in [-0.39, 0.29) is 10.8 Å². The van der Waals surface area contributed by atoms with Crippen LogP contribution in [0.1, 0.15) is 16.0 Å². The van der Waals surface area contributed by atoms with Gasteiger partial charge in [-0.2, -0.15) is 0 Å². The molecule has 1 aliphatic heterocycles. The third kappa shape index (κ3) is 2.41. The fourth-order valence-corrected chi connectivity index (χ4v) is 3.30. The van der Waals surface area contributed by atoms with Crippen LogP contribution in [0.15, 0.2) is 64.4 Å². The van der Waals surface area contributed by atoms with Crippen LogP contribution in [0.3, 0.4) is 0 Å². The molecule has 0 unspecified atom stereocenters. The highest BCUT2D eigenvalue weighted by molar-refractivity contribution is 7.10. The molecular formula is C18H12N2O2S. The van der Waals surface area contributed by atoms with Crippen molar-refractivity contribution in [2.75, 3.05) is 0 Å². The Kier molecular flexibility index (Phi) is 3.20. The minimum absolute atomic E-state index is 0.107. The molecule has 1 aromatic heterocycles. The number of nitrogens with one attached hydrogen (secondary N) is 1. The van der Waals surface area contributed by atoms with E-state index in [9.17, 15) is 9.90 Å².